The van der Waals surface area contributed by atoms with Crippen molar-refractivity contribution in [2.24, 2.45) is 5.92 Å². The third-order valence-electron chi connectivity index (χ3n) is 7.78. The lowest BCUT2D eigenvalue weighted by molar-refractivity contribution is 0.122. The van der Waals surface area contributed by atoms with Crippen LogP contribution in [0.3, 0.4) is 0 Å². The van der Waals surface area contributed by atoms with E-state index in [9.17, 15) is 4.79 Å². The van der Waals surface area contributed by atoms with Gasteiger partial charge in [-0.25, -0.2) is 0 Å². The monoisotopic (exact) mass is 477 g/mol. The average Bonchev–Trinajstić information content (AvgIpc) is 2.90. The number of nitrogens with one attached hydrogen (secondary N) is 1. The number of hydrogen-bond donors (Lipinski definition) is 1. The Bertz CT molecular complexity index is 1140. The van der Waals surface area contributed by atoms with Crippen LogP contribution in [0.4, 0.5) is 17.8 Å². The smallest absolute Gasteiger partial charge is 0.250 e. The fourth-order valence-corrected chi connectivity index (χ4v) is 6.01. The Hall–Kier alpha value is -2.94. The Morgan fingerprint density at radius 3 is 2.69 bits per heavy atom. The van der Waals surface area contributed by atoms with Crippen LogP contribution in [-0.4, -0.2) is 65.5 Å². The molecule has 0 saturated carbocycles. The molecule has 1 aliphatic carbocycles. The van der Waals surface area contributed by atoms with Crippen LogP contribution in [0, 0.1) is 5.92 Å². The highest BCUT2D eigenvalue weighted by molar-refractivity contribution is 5.46. The number of pyridine rings is 1. The van der Waals surface area contributed by atoms with Gasteiger partial charge in [-0.15, -0.1) is 0 Å². The van der Waals surface area contributed by atoms with E-state index in [1.807, 2.05) is 10.6 Å². The number of aromatic nitrogens is 4. The van der Waals surface area contributed by atoms with E-state index in [0.29, 0.717) is 31.0 Å². The number of allylic oxidation sites excluding steroid dienone is 1. The maximum atomic E-state index is 12.4. The standard InChI is InChI=1S/C26H35N7O2/c34-23-8-4-7-22-21-15-20(17-33(22)23)16-32(18-21)26-29-24(27-10-9-19-5-2-1-3-6-19)28-25(30-26)31-11-13-35-14-12-31/h4-5,7-8,20-21H,1-3,6,9-18H2,(H,27,28,29,30)/t20-,21+/m1/s1. The molecule has 4 aliphatic rings. The molecule has 2 fully saturated rings. The van der Waals surface area contributed by atoms with Crippen LogP contribution in [0.25, 0.3) is 0 Å². The average molecular weight is 478 g/mol. The molecule has 5 heterocycles. The molecule has 2 atom stereocenters. The molecule has 0 spiro atoms. The van der Waals surface area contributed by atoms with Gasteiger partial charge in [0.25, 0.3) is 5.56 Å². The van der Waals surface area contributed by atoms with E-state index in [1.165, 1.54) is 25.7 Å². The number of piperidine rings is 1. The van der Waals surface area contributed by atoms with E-state index in [1.54, 1.807) is 11.6 Å². The summed E-state index contributed by atoms with van der Waals surface area (Å²) in [5.41, 5.74) is 2.80. The second kappa shape index (κ2) is 9.97. The predicted octanol–water partition coefficient (Wildman–Crippen LogP) is 2.80. The summed E-state index contributed by atoms with van der Waals surface area (Å²) in [7, 11) is 0. The van der Waals surface area contributed by atoms with Crippen LogP contribution in [0.15, 0.2) is 34.6 Å². The molecule has 35 heavy (non-hydrogen) atoms. The van der Waals surface area contributed by atoms with Gasteiger partial charge in [-0.3, -0.25) is 4.79 Å². The summed E-state index contributed by atoms with van der Waals surface area (Å²) in [6.07, 6.45) is 9.58. The van der Waals surface area contributed by atoms with E-state index in [4.69, 9.17) is 19.7 Å². The van der Waals surface area contributed by atoms with Crippen LogP contribution in [-0.2, 0) is 11.3 Å². The third-order valence-corrected chi connectivity index (χ3v) is 7.78. The van der Waals surface area contributed by atoms with E-state index < -0.39 is 0 Å². The van der Waals surface area contributed by atoms with Crippen LogP contribution >= 0.6 is 0 Å². The summed E-state index contributed by atoms with van der Waals surface area (Å²) in [6, 6.07) is 5.66. The molecule has 9 heteroatoms. The summed E-state index contributed by atoms with van der Waals surface area (Å²) < 4.78 is 7.52. The molecule has 9 nitrogen and oxygen atoms in total. The first-order valence-corrected chi connectivity index (χ1v) is 13.2. The minimum absolute atomic E-state index is 0.111. The van der Waals surface area contributed by atoms with Crippen LogP contribution in [0.1, 0.15) is 50.1 Å². The quantitative estimate of drug-likeness (QED) is 0.636. The lowest BCUT2D eigenvalue weighted by Gasteiger charge is -2.42. The largest absolute Gasteiger partial charge is 0.378 e. The summed E-state index contributed by atoms with van der Waals surface area (Å²) >= 11 is 0. The lowest BCUT2D eigenvalue weighted by atomic mass is 9.83. The zero-order valence-corrected chi connectivity index (χ0v) is 20.4. The second-order valence-corrected chi connectivity index (χ2v) is 10.2. The Balaban J connectivity index is 1.24. The van der Waals surface area contributed by atoms with Gasteiger partial charge >= 0.3 is 0 Å². The number of hydrogen-bond acceptors (Lipinski definition) is 8. The first-order valence-electron chi connectivity index (χ1n) is 13.2. The van der Waals surface area contributed by atoms with Gasteiger partial charge in [0.1, 0.15) is 0 Å². The highest BCUT2D eigenvalue weighted by Crippen LogP contribution is 2.36. The lowest BCUT2D eigenvalue weighted by Crippen LogP contribution is -2.48. The van der Waals surface area contributed by atoms with Gasteiger partial charge in [-0.1, -0.05) is 17.7 Å². The second-order valence-electron chi connectivity index (χ2n) is 10.2. The summed E-state index contributed by atoms with van der Waals surface area (Å²) in [5.74, 6) is 2.85. The Kier molecular flexibility index (Phi) is 6.41. The van der Waals surface area contributed by atoms with Gasteiger partial charge in [-0.2, -0.15) is 15.0 Å². The SMILES string of the molecule is O=c1cccc2n1C[C@@H]1C[C@H]2CN(c2nc(NCCC3=CCCCC3)nc(N3CCOCC3)n2)C1. The van der Waals surface area contributed by atoms with E-state index in [0.717, 1.165) is 69.7 Å². The molecule has 1 N–H and O–H groups in total. The number of fused-ring (bicyclic) bond motifs is 4. The summed E-state index contributed by atoms with van der Waals surface area (Å²) in [5, 5.41) is 3.49. The molecule has 2 bridgehead atoms. The zero-order valence-electron chi connectivity index (χ0n) is 20.4. The molecule has 186 valence electrons. The highest BCUT2D eigenvalue weighted by Gasteiger charge is 2.36. The molecule has 0 amide bonds. The summed E-state index contributed by atoms with van der Waals surface area (Å²) in [4.78, 5) is 31.5. The zero-order chi connectivity index (χ0) is 23.6. The van der Waals surface area contributed by atoms with Crippen molar-refractivity contribution in [2.75, 3.05) is 61.1 Å². The molecule has 0 unspecified atom stereocenters. The normalized spacial score (nSPS) is 24.1. The van der Waals surface area contributed by atoms with Crippen molar-refractivity contribution in [3.8, 4) is 0 Å². The molecule has 6 rings (SSSR count). The topological polar surface area (TPSA) is 88.4 Å². The molecule has 0 aromatic carbocycles. The molecular formula is C26H35N7O2. The minimum Gasteiger partial charge on any atom is -0.378 e. The van der Waals surface area contributed by atoms with Crippen LogP contribution < -0.4 is 20.7 Å². The number of morpholine rings is 1. The maximum Gasteiger partial charge on any atom is 0.250 e. The van der Waals surface area contributed by atoms with Gasteiger partial charge in [0.05, 0.1) is 13.2 Å². The maximum absolute atomic E-state index is 12.4. The molecular weight excluding hydrogens is 442 g/mol. The number of rotatable bonds is 6. The third kappa shape index (κ3) is 4.91. The molecule has 3 aliphatic heterocycles. The van der Waals surface area contributed by atoms with Crippen molar-refractivity contribution >= 4 is 17.8 Å². The number of anilines is 3. The van der Waals surface area contributed by atoms with Crippen molar-refractivity contribution < 1.29 is 4.74 Å². The number of nitrogens with zero attached hydrogens (tertiary/aromatic N) is 6. The van der Waals surface area contributed by atoms with Crippen molar-refractivity contribution in [2.45, 2.75) is 51.0 Å². The van der Waals surface area contributed by atoms with Crippen molar-refractivity contribution in [3.63, 3.8) is 0 Å². The first-order chi connectivity index (χ1) is 17.2. The Labute approximate surface area is 206 Å². The number of ether oxygens (including phenoxy) is 1. The van der Waals surface area contributed by atoms with Gasteiger partial charge in [0.15, 0.2) is 0 Å². The summed E-state index contributed by atoms with van der Waals surface area (Å²) in [6.45, 7) is 6.24. The first kappa shape index (κ1) is 22.5. The van der Waals surface area contributed by atoms with E-state index in [2.05, 4.69) is 27.3 Å². The van der Waals surface area contributed by atoms with Gasteiger partial charge < -0.3 is 24.4 Å². The van der Waals surface area contributed by atoms with E-state index >= 15 is 0 Å². The van der Waals surface area contributed by atoms with Gasteiger partial charge in [-0.05, 0) is 50.5 Å². The minimum atomic E-state index is 0.111. The van der Waals surface area contributed by atoms with E-state index in [-0.39, 0.29) is 5.56 Å². The van der Waals surface area contributed by atoms with Gasteiger partial charge in [0, 0.05) is 56.9 Å². The van der Waals surface area contributed by atoms with Crippen LogP contribution in [0.2, 0.25) is 0 Å². The van der Waals surface area contributed by atoms with Crippen molar-refractivity contribution in [1.82, 2.24) is 19.5 Å². The van der Waals surface area contributed by atoms with Crippen LogP contribution in [0.5, 0.6) is 0 Å². The van der Waals surface area contributed by atoms with Gasteiger partial charge in [0.2, 0.25) is 17.8 Å². The molecule has 0 radical (unpaired) electrons. The molecule has 2 aromatic heterocycles. The fraction of sp³-hybridized carbons (Fsp3) is 0.615. The fourth-order valence-electron chi connectivity index (χ4n) is 6.01. The predicted molar refractivity (Wildman–Crippen MR) is 136 cm³/mol. The Morgan fingerprint density at radius 1 is 1.00 bits per heavy atom. The highest BCUT2D eigenvalue weighted by atomic mass is 16.5. The van der Waals surface area contributed by atoms with Crippen molar-refractivity contribution in [3.05, 3.63) is 45.9 Å². The molecule has 2 aromatic rings. The van der Waals surface area contributed by atoms with Crippen molar-refractivity contribution in [1.29, 1.82) is 0 Å². The Morgan fingerprint density at radius 2 is 1.86 bits per heavy atom. The molecule has 2 saturated heterocycles.